The number of carbonyl (C=O) groups is 1. The zero-order valence-corrected chi connectivity index (χ0v) is 17.7. The maximum absolute atomic E-state index is 12.8. The molecule has 2 aromatic carbocycles. The Morgan fingerprint density at radius 2 is 2.03 bits per heavy atom. The summed E-state index contributed by atoms with van der Waals surface area (Å²) in [4.78, 5) is 12.8. The number of hydrogen-bond donors (Lipinski definition) is 1. The molecular formula is C23H24ClNO4. The van der Waals surface area contributed by atoms with Gasteiger partial charge in [0.1, 0.15) is 16.9 Å². The van der Waals surface area contributed by atoms with Crippen LogP contribution in [0, 0.1) is 6.92 Å². The van der Waals surface area contributed by atoms with Crippen molar-refractivity contribution in [3.63, 3.8) is 0 Å². The first-order valence-electron chi connectivity index (χ1n) is 9.60. The highest BCUT2D eigenvalue weighted by Gasteiger charge is 2.36. The minimum Gasteiger partial charge on any atom is -0.487 e. The number of nitrogens with one attached hydrogen (secondary N) is 1. The molecule has 5 nitrogen and oxygen atoms in total. The van der Waals surface area contributed by atoms with E-state index >= 15 is 0 Å². The summed E-state index contributed by atoms with van der Waals surface area (Å²) in [5.74, 6) is 0.783. The highest BCUT2D eigenvalue weighted by atomic mass is 35.5. The molecule has 4 rings (SSSR count). The molecule has 0 aliphatic carbocycles. The van der Waals surface area contributed by atoms with Crippen LogP contribution in [0.25, 0.3) is 11.0 Å². The number of amides is 1. The van der Waals surface area contributed by atoms with E-state index in [9.17, 15) is 4.79 Å². The van der Waals surface area contributed by atoms with Gasteiger partial charge in [0, 0.05) is 41.6 Å². The van der Waals surface area contributed by atoms with E-state index < -0.39 is 0 Å². The molecule has 0 unspecified atom stereocenters. The molecule has 1 aliphatic heterocycles. The van der Waals surface area contributed by atoms with Gasteiger partial charge in [-0.3, -0.25) is 4.79 Å². The molecular weight excluding hydrogens is 390 g/mol. The topological polar surface area (TPSA) is 60.7 Å². The Kier molecular flexibility index (Phi) is 5.05. The van der Waals surface area contributed by atoms with Gasteiger partial charge in [0.25, 0.3) is 5.91 Å². The molecule has 6 heteroatoms. The van der Waals surface area contributed by atoms with E-state index in [1.54, 1.807) is 13.2 Å². The van der Waals surface area contributed by atoms with Crippen LogP contribution in [0.2, 0.25) is 5.02 Å². The summed E-state index contributed by atoms with van der Waals surface area (Å²) in [5.41, 5.74) is 2.89. The molecule has 1 aromatic heterocycles. The van der Waals surface area contributed by atoms with E-state index in [0.29, 0.717) is 29.3 Å². The molecule has 1 atom stereocenters. The normalized spacial score (nSPS) is 17.6. The van der Waals surface area contributed by atoms with Crippen LogP contribution >= 0.6 is 11.6 Å². The third-order valence-electron chi connectivity index (χ3n) is 5.37. The molecule has 1 N–H and O–H groups in total. The second-order valence-corrected chi connectivity index (χ2v) is 8.38. The Morgan fingerprint density at radius 1 is 1.28 bits per heavy atom. The second kappa shape index (κ2) is 7.39. The van der Waals surface area contributed by atoms with Crippen LogP contribution in [0.5, 0.6) is 5.75 Å². The monoisotopic (exact) mass is 413 g/mol. The lowest BCUT2D eigenvalue weighted by molar-refractivity contribution is -0.00978. The average molecular weight is 414 g/mol. The summed E-state index contributed by atoms with van der Waals surface area (Å²) in [5, 5.41) is 4.40. The molecule has 29 heavy (non-hydrogen) atoms. The van der Waals surface area contributed by atoms with Crippen molar-refractivity contribution in [1.82, 2.24) is 5.32 Å². The fourth-order valence-electron chi connectivity index (χ4n) is 3.96. The molecule has 3 aromatic rings. The van der Waals surface area contributed by atoms with Crippen LogP contribution in [-0.4, -0.2) is 18.6 Å². The fraction of sp³-hybridized carbons (Fsp3) is 0.348. The van der Waals surface area contributed by atoms with E-state index in [4.69, 9.17) is 25.5 Å². The third-order valence-corrected chi connectivity index (χ3v) is 5.74. The predicted molar refractivity (Wildman–Crippen MR) is 113 cm³/mol. The Morgan fingerprint density at radius 3 is 2.76 bits per heavy atom. The molecule has 2 heterocycles. The van der Waals surface area contributed by atoms with Gasteiger partial charge in [-0.05, 0) is 44.5 Å². The van der Waals surface area contributed by atoms with E-state index in [2.05, 4.69) is 5.32 Å². The van der Waals surface area contributed by atoms with Crippen LogP contribution < -0.4 is 10.1 Å². The van der Waals surface area contributed by atoms with Crippen molar-refractivity contribution >= 4 is 28.5 Å². The number of ether oxygens (including phenoxy) is 2. The smallest absolute Gasteiger partial charge is 0.287 e. The van der Waals surface area contributed by atoms with Crippen LogP contribution in [0.15, 0.2) is 40.8 Å². The molecule has 1 amide bonds. The lowest BCUT2D eigenvalue weighted by Gasteiger charge is -2.37. The first-order chi connectivity index (χ1) is 13.8. The van der Waals surface area contributed by atoms with Crippen molar-refractivity contribution in [2.45, 2.75) is 45.4 Å². The van der Waals surface area contributed by atoms with Crippen molar-refractivity contribution < 1.29 is 18.7 Å². The Bertz CT molecular complexity index is 1090. The Labute approximate surface area is 174 Å². The van der Waals surface area contributed by atoms with Gasteiger partial charge in [0.05, 0.1) is 6.10 Å². The van der Waals surface area contributed by atoms with E-state index in [0.717, 1.165) is 27.8 Å². The van der Waals surface area contributed by atoms with Gasteiger partial charge in [0.2, 0.25) is 0 Å². The summed E-state index contributed by atoms with van der Waals surface area (Å²) in [6.07, 6.45) is 0.585. The van der Waals surface area contributed by atoms with E-state index in [1.165, 1.54) is 0 Å². The van der Waals surface area contributed by atoms with Crippen molar-refractivity contribution in [2.24, 2.45) is 0 Å². The summed E-state index contributed by atoms with van der Waals surface area (Å²) >= 11 is 6.18. The first-order valence-corrected chi connectivity index (χ1v) is 9.98. The summed E-state index contributed by atoms with van der Waals surface area (Å²) in [7, 11) is 1.70. The lowest BCUT2D eigenvalue weighted by Crippen LogP contribution is -2.35. The van der Waals surface area contributed by atoms with Crippen molar-refractivity contribution in [3.05, 3.63) is 63.9 Å². The van der Waals surface area contributed by atoms with Gasteiger partial charge in [-0.25, -0.2) is 0 Å². The SMILES string of the molecule is CO[C@H]1CC(C)(C)Oc2ccc3oc(C(=O)NCc4ccccc4Cl)c(C)c3c21. The molecule has 152 valence electrons. The number of methoxy groups -OCH3 is 1. The standard InChI is InChI=1S/C23H24ClNO4/c1-13-19-16(9-10-17-20(19)18(27-4)11-23(2,3)29-17)28-21(13)22(26)25-12-14-7-5-6-8-15(14)24/h5-10,18H,11-12H2,1-4H3,(H,25,26)/t18-/m0/s1. The lowest BCUT2D eigenvalue weighted by atomic mass is 9.89. The number of benzene rings is 2. The molecule has 0 bridgehead atoms. The zero-order valence-electron chi connectivity index (χ0n) is 17.0. The average Bonchev–Trinajstić information content (AvgIpc) is 3.02. The largest absolute Gasteiger partial charge is 0.487 e. The van der Waals surface area contributed by atoms with Crippen molar-refractivity contribution in [1.29, 1.82) is 0 Å². The van der Waals surface area contributed by atoms with Crippen LogP contribution in [-0.2, 0) is 11.3 Å². The minimum absolute atomic E-state index is 0.132. The number of hydrogen-bond acceptors (Lipinski definition) is 4. The summed E-state index contributed by atoms with van der Waals surface area (Å²) < 4.78 is 17.9. The first kappa shape index (κ1) is 19.8. The number of aryl methyl sites for hydroxylation is 1. The van der Waals surface area contributed by atoms with Crippen LogP contribution in [0.1, 0.15) is 53.6 Å². The Hall–Kier alpha value is -2.50. The second-order valence-electron chi connectivity index (χ2n) is 7.97. The highest BCUT2D eigenvalue weighted by Crippen LogP contribution is 2.46. The number of carbonyl (C=O) groups excluding carboxylic acids is 1. The number of furan rings is 1. The molecule has 1 aliphatic rings. The maximum atomic E-state index is 12.8. The minimum atomic E-state index is -0.325. The van der Waals surface area contributed by atoms with Gasteiger partial charge < -0.3 is 19.2 Å². The van der Waals surface area contributed by atoms with Gasteiger partial charge >= 0.3 is 0 Å². The predicted octanol–water partition coefficient (Wildman–Crippen LogP) is 5.57. The number of fused-ring (bicyclic) bond motifs is 3. The van der Waals surface area contributed by atoms with Gasteiger partial charge in [-0.2, -0.15) is 0 Å². The quantitative estimate of drug-likeness (QED) is 0.607. The summed E-state index contributed by atoms with van der Waals surface area (Å²) in [6.45, 7) is 6.30. The molecule has 0 saturated carbocycles. The molecule has 0 fully saturated rings. The zero-order chi connectivity index (χ0) is 20.8. The van der Waals surface area contributed by atoms with Gasteiger partial charge in [-0.15, -0.1) is 0 Å². The van der Waals surface area contributed by atoms with Gasteiger partial charge in [0.15, 0.2) is 5.76 Å². The fourth-order valence-corrected chi connectivity index (χ4v) is 4.17. The molecule has 0 spiro atoms. The highest BCUT2D eigenvalue weighted by molar-refractivity contribution is 6.31. The summed E-state index contributed by atoms with van der Waals surface area (Å²) in [6, 6.07) is 11.2. The maximum Gasteiger partial charge on any atom is 0.287 e. The third kappa shape index (κ3) is 3.61. The van der Waals surface area contributed by atoms with E-state index in [-0.39, 0.29) is 17.6 Å². The Balaban J connectivity index is 1.70. The van der Waals surface area contributed by atoms with E-state index in [1.807, 2.05) is 51.1 Å². The molecule has 0 saturated heterocycles. The van der Waals surface area contributed by atoms with Gasteiger partial charge in [-0.1, -0.05) is 29.8 Å². The molecule has 0 radical (unpaired) electrons. The number of rotatable bonds is 4. The number of halogens is 1. The van der Waals surface area contributed by atoms with Crippen LogP contribution in [0.3, 0.4) is 0 Å². The van der Waals surface area contributed by atoms with Crippen molar-refractivity contribution in [2.75, 3.05) is 7.11 Å². The van der Waals surface area contributed by atoms with Crippen molar-refractivity contribution in [3.8, 4) is 5.75 Å². The van der Waals surface area contributed by atoms with Crippen LogP contribution in [0.4, 0.5) is 0 Å².